The zero-order valence-corrected chi connectivity index (χ0v) is 13.2. The highest BCUT2D eigenvalue weighted by atomic mass is 35.5. The number of nitrogens with zero attached hydrogens (tertiary/aromatic N) is 4. The first-order chi connectivity index (χ1) is 11.2. The summed E-state index contributed by atoms with van der Waals surface area (Å²) in [6.07, 6.45) is 3.32. The molecule has 0 atom stereocenters. The van der Waals surface area contributed by atoms with E-state index in [-0.39, 0.29) is 0 Å². The van der Waals surface area contributed by atoms with Crippen molar-refractivity contribution >= 4 is 29.1 Å². The van der Waals surface area contributed by atoms with Crippen LogP contribution in [0.4, 0.5) is 17.5 Å². The molecule has 2 aromatic heterocycles. The van der Waals surface area contributed by atoms with Gasteiger partial charge in [0, 0.05) is 16.9 Å². The quantitative estimate of drug-likeness (QED) is 0.746. The van der Waals surface area contributed by atoms with Gasteiger partial charge in [0.1, 0.15) is 0 Å². The molecule has 7 heteroatoms. The molecule has 3 rings (SSSR count). The highest BCUT2D eigenvalue weighted by molar-refractivity contribution is 6.30. The van der Waals surface area contributed by atoms with Crippen LogP contribution in [-0.4, -0.2) is 20.2 Å². The second-order valence-electron chi connectivity index (χ2n) is 4.92. The SMILES string of the molecule is Cc1ccc(Cl)cc1Nc1nncc(NCc2ccccn2)n1. The average molecular weight is 327 g/mol. The van der Waals surface area contributed by atoms with Crippen molar-refractivity contribution in [1.29, 1.82) is 0 Å². The molecule has 0 unspecified atom stereocenters. The molecule has 3 aromatic rings. The number of hydrogen-bond acceptors (Lipinski definition) is 6. The fourth-order valence-corrected chi connectivity index (χ4v) is 2.15. The van der Waals surface area contributed by atoms with Gasteiger partial charge in [-0.2, -0.15) is 10.1 Å². The smallest absolute Gasteiger partial charge is 0.249 e. The monoisotopic (exact) mass is 326 g/mol. The van der Waals surface area contributed by atoms with Crippen LogP contribution in [0.15, 0.2) is 48.8 Å². The van der Waals surface area contributed by atoms with Gasteiger partial charge in [0.05, 0.1) is 18.4 Å². The lowest BCUT2D eigenvalue weighted by molar-refractivity contribution is 0.955. The van der Waals surface area contributed by atoms with Crippen molar-refractivity contribution in [3.8, 4) is 0 Å². The molecule has 0 aliphatic carbocycles. The lowest BCUT2D eigenvalue weighted by Crippen LogP contribution is -2.06. The zero-order chi connectivity index (χ0) is 16.1. The third-order valence-corrected chi connectivity index (χ3v) is 3.42. The van der Waals surface area contributed by atoms with Gasteiger partial charge in [0.2, 0.25) is 5.95 Å². The first-order valence-corrected chi connectivity index (χ1v) is 7.45. The van der Waals surface area contributed by atoms with Crippen LogP contribution in [0.25, 0.3) is 0 Å². The molecule has 1 aromatic carbocycles. The number of hydrogen-bond donors (Lipinski definition) is 2. The number of rotatable bonds is 5. The molecule has 6 nitrogen and oxygen atoms in total. The van der Waals surface area contributed by atoms with Crippen LogP contribution < -0.4 is 10.6 Å². The molecular formula is C16H15ClN6. The van der Waals surface area contributed by atoms with E-state index in [0.717, 1.165) is 16.9 Å². The summed E-state index contributed by atoms with van der Waals surface area (Å²) in [5, 5.41) is 14.9. The summed E-state index contributed by atoms with van der Waals surface area (Å²) < 4.78 is 0. The number of halogens is 1. The zero-order valence-electron chi connectivity index (χ0n) is 12.5. The van der Waals surface area contributed by atoms with Gasteiger partial charge in [-0.05, 0) is 36.8 Å². The van der Waals surface area contributed by atoms with E-state index in [1.165, 1.54) is 0 Å². The third-order valence-electron chi connectivity index (χ3n) is 3.18. The van der Waals surface area contributed by atoms with E-state index in [0.29, 0.717) is 23.3 Å². The molecule has 0 radical (unpaired) electrons. The number of aryl methyl sites for hydroxylation is 1. The molecule has 0 bridgehead atoms. The van der Waals surface area contributed by atoms with Crippen molar-refractivity contribution in [2.45, 2.75) is 13.5 Å². The molecule has 0 aliphatic heterocycles. The minimum Gasteiger partial charge on any atom is -0.363 e. The molecule has 0 saturated carbocycles. The molecule has 23 heavy (non-hydrogen) atoms. The van der Waals surface area contributed by atoms with Crippen LogP contribution in [0.1, 0.15) is 11.3 Å². The summed E-state index contributed by atoms with van der Waals surface area (Å²) in [7, 11) is 0. The Kier molecular flexibility index (Phi) is 4.63. The topological polar surface area (TPSA) is 75.6 Å². The van der Waals surface area contributed by atoms with E-state index in [2.05, 4.69) is 30.8 Å². The molecule has 0 fully saturated rings. The van der Waals surface area contributed by atoms with Crippen molar-refractivity contribution in [1.82, 2.24) is 20.2 Å². The summed E-state index contributed by atoms with van der Waals surface area (Å²) in [4.78, 5) is 8.64. The van der Waals surface area contributed by atoms with Crippen LogP contribution in [0.2, 0.25) is 5.02 Å². The Morgan fingerprint density at radius 2 is 2.09 bits per heavy atom. The van der Waals surface area contributed by atoms with Gasteiger partial charge in [-0.25, -0.2) is 0 Å². The molecule has 2 heterocycles. The third kappa shape index (κ3) is 4.14. The normalized spacial score (nSPS) is 10.3. The maximum Gasteiger partial charge on any atom is 0.249 e. The molecule has 0 saturated heterocycles. The summed E-state index contributed by atoms with van der Waals surface area (Å²) in [6, 6.07) is 11.4. The fourth-order valence-electron chi connectivity index (χ4n) is 1.97. The second kappa shape index (κ2) is 7.02. The number of pyridine rings is 1. The fraction of sp³-hybridized carbons (Fsp3) is 0.125. The Balaban J connectivity index is 1.71. The largest absolute Gasteiger partial charge is 0.363 e. The molecule has 0 amide bonds. The van der Waals surface area contributed by atoms with Gasteiger partial charge >= 0.3 is 0 Å². The van der Waals surface area contributed by atoms with Crippen molar-refractivity contribution in [2.24, 2.45) is 0 Å². The Hall–Kier alpha value is -2.73. The van der Waals surface area contributed by atoms with Crippen LogP contribution in [0.5, 0.6) is 0 Å². The molecule has 116 valence electrons. The van der Waals surface area contributed by atoms with Gasteiger partial charge in [-0.1, -0.05) is 23.7 Å². The molecule has 2 N–H and O–H groups in total. The van der Waals surface area contributed by atoms with Crippen LogP contribution in [0, 0.1) is 6.92 Å². The van der Waals surface area contributed by atoms with E-state index < -0.39 is 0 Å². The lowest BCUT2D eigenvalue weighted by atomic mass is 10.2. The number of aromatic nitrogens is 4. The maximum absolute atomic E-state index is 6.02. The summed E-state index contributed by atoms with van der Waals surface area (Å²) in [5.41, 5.74) is 2.82. The highest BCUT2D eigenvalue weighted by Gasteiger charge is 2.04. The van der Waals surface area contributed by atoms with E-state index in [1.54, 1.807) is 12.4 Å². The van der Waals surface area contributed by atoms with E-state index in [4.69, 9.17) is 11.6 Å². The number of nitrogens with one attached hydrogen (secondary N) is 2. The molecule has 0 spiro atoms. The average Bonchev–Trinajstić information content (AvgIpc) is 2.58. The van der Waals surface area contributed by atoms with Crippen molar-refractivity contribution in [2.75, 3.05) is 10.6 Å². The summed E-state index contributed by atoms with van der Waals surface area (Å²) >= 11 is 6.02. The second-order valence-corrected chi connectivity index (χ2v) is 5.36. The van der Waals surface area contributed by atoms with Gasteiger partial charge in [0.15, 0.2) is 5.82 Å². The summed E-state index contributed by atoms with van der Waals surface area (Å²) in [5.74, 6) is 1.02. The van der Waals surface area contributed by atoms with E-state index in [9.17, 15) is 0 Å². The van der Waals surface area contributed by atoms with Crippen molar-refractivity contribution < 1.29 is 0 Å². The Labute approximate surface area is 139 Å². The highest BCUT2D eigenvalue weighted by Crippen LogP contribution is 2.22. The minimum absolute atomic E-state index is 0.404. The number of anilines is 3. The van der Waals surface area contributed by atoms with Gasteiger partial charge in [-0.3, -0.25) is 4.98 Å². The van der Waals surface area contributed by atoms with Crippen molar-refractivity contribution in [3.05, 3.63) is 65.1 Å². The minimum atomic E-state index is 0.404. The Morgan fingerprint density at radius 1 is 1.17 bits per heavy atom. The van der Waals surface area contributed by atoms with E-state index >= 15 is 0 Å². The predicted octanol–water partition coefficient (Wildman–Crippen LogP) is 3.58. The first kappa shape index (κ1) is 15.2. The van der Waals surface area contributed by atoms with Crippen LogP contribution in [-0.2, 0) is 6.54 Å². The van der Waals surface area contributed by atoms with Crippen LogP contribution >= 0.6 is 11.6 Å². The Bertz CT molecular complexity index is 794. The first-order valence-electron chi connectivity index (χ1n) is 7.07. The molecule has 0 aliphatic rings. The van der Waals surface area contributed by atoms with Gasteiger partial charge in [-0.15, -0.1) is 5.10 Å². The number of benzene rings is 1. The van der Waals surface area contributed by atoms with Gasteiger partial charge in [0.25, 0.3) is 0 Å². The van der Waals surface area contributed by atoms with Crippen LogP contribution in [0.3, 0.4) is 0 Å². The Morgan fingerprint density at radius 3 is 2.91 bits per heavy atom. The lowest BCUT2D eigenvalue weighted by Gasteiger charge is -2.09. The summed E-state index contributed by atoms with van der Waals surface area (Å²) in [6.45, 7) is 2.55. The molecular weight excluding hydrogens is 312 g/mol. The predicted molar refractivity (Wildman–Crippen MR) is 90.9 cm³/mol. The van der Waals surface area contributed by atoms with Gasteiger partial charge < -0.3 is 10.6 Å². The van der Waals surface area contributed by atoms with Crippen molar-refractivity contribution in [3.63, 3.8) is 0 Å². The standard InChI is InChI=1S/C16H15ClN6/c1-11-5-6-12(17)8-14(11)21-16-22-15(10-20-23-16)19-9-13-4-2-3-7-18-13/h2-8,10H,9H2,1H3,(H2,19,21,22,23). The van der Waals surface area contributed by atoms with E-state index in [1.807, 2.05) is 43.3 Å². The maximum atomic E-state index is 6.02.